The van der Waals surface area contributed by atoms with E-state index < -0.39 is 0 Å². The Bertz CT molecular complexity index is 64.3. The van der Waals surface area contributed by atoms with E-state index in [2.05, 4.69) is 13.8 Å². The molecular weight excluding hydrogens is 570 g/mol. The molecule has 14 heavy (non-hydrogen) atoms. The first-order valence-electron chi connectivity index (χ1n) is 5.00. The molecule has 0 nitrogen and oxygen atoms in total. The minimum atomic E-state index is -0.0864. The van der Waals surface area contributed by atoms with Crippen LogP contribution in [0.2, 0.25) is 7.86 Å². The van der Waals surface area contributed by atoms with Crippen LogP contribution in [-0.4, -0.2) is 46.1 Å². The van der Waals surface area contributed by atoms with E-state index in [0.29, 0.717) is 0 Å². The van der Waals surface area contributed by atoms with Gasteiger partial charge in [-0.15, -0.1) is 6.42 Å². The average Bonchev–Trinajstić information content (AvgIpc) is 2.10. The number of unbranched alkanes of at least 4 members (excludes halogenated alkanes) is 2. The predicted molar refractivity (Wildman–Crippen MR) is 61.8 cm³/mol. The van der Waals surface area contributed by atoms with Gasteiger partial charge in [-0.3, -0.25) is 0 Å². The second-order valence-electron chi connectivity index (χ2n) is 3.18. The molecule has 0 aromatic heterocycles. The molecular formula is C10H22Hg2Mg2. The topological polar surface area (TPSA) is 0 Å². The molecule has 0 bridgehead atoms. The van der Waals surface area contributed by atoms with Crippen LogP contribution >= 0.6 is 0 Å². The molecule has 1 fully saturated rings. The molecule has 1 aliphatic heterocycles. The van der Waals surface area contributed by atoms with Gasteiger partial charge in [0.15, 0.2) is 0 Å². The Morgan fingerprint density at radius 2 is 1.36 bits per heavy atom. The van der Waals surface area contributed by atoms with Crippen LogP contribution in [0.5, 0.6) is 0 Å². The molecule has 70 valence electrons. The van der Waals surface area contributed by atoms with Crippen LogP contribution in [0.3, 0.4) is 0 Å². The monoisotopic (exact) mass is 594 g/mol. The zero-order valence-corrected chi connectivity index (χ0v) is 23.7. The molecule has 0 amide bonds. The van der Waals surface area contributed by atoms with E-state index in [1.165, 1.54) is 6.42 Å². The van der Waals surface area contributed by atoms with E-state index in [1.54, 1.807) is 27.1 Å². The summed E-state index contributed by atoms with van der Waals surface area (Å²) in [7, 11) is 0. The van der Waals surface area contributed by atoms with Crippen molar-refractivity contribution in [2.24, 2.45) is 0 Å². The van der Waals surface area contributed by atoms with Crippen LogP contribution in [0.25, 0.3) is 0 Å². The van der Waals surface area contributed by atoms with Crippen molar-refractivity contribution in [2.75, 3.05) is 0 Å². The zero-order chi connectivity index (χ0) is 8.36. The van der Waals surface area contributed by atoms with E-state index in [-0.39, 0.29) is 101 Å². The molecule has 0 saturated carbocycles. The van der Waals surface area contributed by atoms with Crippen LogP contribution in [0.4, 0.5) is 0 Å². The van der Waals surface area contributed by atoms with Gasteiger partial charge in [-0.05, 0) is 0 Å². The molecule has 0 spiro atoms. The van der Waals surface area contributed by atoms with Gasteiger partial charge in [0, 0.05) is 27.7 Å². The summed E-state index contributed by atoms with van der Waals surface area (Å²) in [6.07, 6.45) is 7.98. The van der Waals surface area contributed by atoms with Gasteiger partial charge in [-0.25, -0.2) is 0 Å². The smallest absolute Gasteiger partial charge is 1.00 e. The Morgan fingerprint density at radius 3 is 1.43 bits per heavy atom. The van der Waals surface area contributed by atoms with Gasteiger partial charge in [0.2, 0.25) is 0 Å². The Morgan fingerprint density at radius 1 is 0.929 bits per heavy atom. The number of hydrogen-bond acceptors (Lipinski definition) is 0. The third-order valence-corrected chi connectivity index (χ3v) is 9.77. The summed E-state index contributed by atoms with van der Waals surface area (Å²) in [5, 5.41) is 0. The van der Waals surface area contributed by atoms with Crippen molar-refractivity contribution in [3.05, 3.63) is 13.8 Å². The average molecular weight is 592 g/mol. The molecule has 0 radical (unpaired) electrons. The Labute approximate surface area is 159 Å². The normalized spacial score (nSPS) is 12.1. The molecule has 0 aromatic rings. The van der Waals surface area contributed by atoms with Crippen molar-refractivity contribution in [2.45, 2.75) is 46.4 Å². The molecule has 0 atom stereocenters. The maximum absolute atomic E-state index is 3.64. The quantitative estimate of drug-likeness (QED) is 0.341. The van der Waals surface area contributed by atoms with Crippen LogP contribution in [-0.2, 0) is 52.2 Å². The van der Waals surface area contributed by atoms with Crippen molar-refractivity contribution < 1.29 is 55.1 Å². The molecule has 0 aliphatic carbocycles. The predicted octanol–water partition coefficient (Wildman–Crippen LogP) is 3.38. The molecule has 0 unspecified atom stereocenters. The Balaban J connectivity index is -0.0000000241. The van der Waals surface area contributed by atoms with Crippen LogP contribution < -0.4 is 0 Å². The third kappa shape index (κ3) is 24.6. The largest absolute Gasteiger partial charge is 2.00 e. The van der Waals surface area contributed by atoms with Crippen molar-refractivity contribution >= 4 is 46.1 Å². The summed E-state index contributed by atoms with van der Waals surface area (Å²) < 4.78 is 3.44. The minimum Gasteiger partial charge on any atom is -1.00 e. The molecule has 1 rings (SSSR count). The molecule has 1 aliphatic rings. The second-order valence-corrected chi connectivity index (χ2v) is 11.4. The Kier molecular flexibility index (Phi) is 47.1. The first kappa shape index (κ1) is 26.1. The zero-order valence-electron chi connectivity index (χ0n) is 11.9. The summed E-state index contributed by atoms with van der Waals surface area (Å²) in [5.74, 6) is 0. The van der Waals surface area contributed by atoms with Crippen molar-refractivity contribution in [3.8, 4) is 0 Å². The maximum atomic E-state index is 3.64. The standard InChI is InChI=1S/2C5H10.2Hg.2Mg.2H/c2*1-3-5-4-2;;;;;;/h2*1-5H2;;;;;;/q;-2;;;2*+2;2*-1. The third-order valence-electron chi connectivity index (χ3n) is 2.00. The Hall–Kier alpha value is 3.40. The molecule has 4 heteroatoms. The summed E-state index contributed by atoms with van der Waals surface area (Å²) in [5.41, 5.74) is 0. The van der Waals surface area contributed by atoms with Gasteiger partial charge < -0.3 is 16.7 Å². The van der Waals surface area contributed by atoms with Gasteiger partial charge >= 0.3 is 97.8 Å². The van der Waals surface area contributed by atoms with Gasteiger partial charge in [-0.1, -0.05) is 0 Å². The van der Waals surface area contributed by atoms with E-state index in [1.807, 2.05) is 0 Å². The maximum Gasteiger partial charge on any atom is 2.00 e. The molecule has 1 saturated heterocycles. The summed E-state index contributed by atoms with van der Waals surface area (Å²) in [6, 6.07) is 0. The summed E-state index contributed by atoms with van der Waals surface area (Å²) in [4.78, 5) is 0. The van der Waals surface area contributed by atoms with E-state index in [0.717, 1.165) is 12.8 Å². The van der Waals surface area contributed by atoms with Crippen LogP contribution in [0, 0.1) is 13.8 Å². The van der Waals surface area contributed by atoms with Gasteiger partial charge in [0.05, 0.1) is 0 Å². The van der Waals surface area contributed by atoms with E-state index in [4.69, 9.17) is 0 Å². The second kappa shape index (κ2) is 25.3. The number of rotatable bonds is 2. The summed E-state index contributed by atoms with van der Waals surface area (Å²) >= 11 is -0.0864. The van der Waals surface area contributed by atoms with Gasteiger partial charge in [0.1, 0.15) is 0 Å². The van der Waals surface area contributed by atoms with E-state index >= 15 is 0 Å². The van der Waals surface area contributed by atoms with E-state index in [9.17, 15) is 0 Å². The van der Waals surface area contributed by atoms with Crippen molar-refractivity contribution in [1.29, 1.82) is 0 Å². The SMILES string of the molecule is C1C[CH2][Hg][CH2]C1.[CH2-]CCC[CH2-].[H-].[H-].[Hg].[Mg+2].[Mg+2]. The first-order chi connectivity index (χ1) is 5.41. The molecule has 0 N–H and O–H groups in total. The van der Waals surface area contributed by atoms with Crippen LogP contribution in [0.15, 0.2) is 0 Å². The fraction of sp³-hybridized carbons (Fsp3) is 0.800. The fourth-order valence-corrected chi connectivity index (χ4v) is 8.11. The minimum absolute atomic E-state index is 0. The van der Waals surface area contributed by atoms with Crippen molar-refractivity contribution in [3.63, 3.8) is 0 Å². The van der Waals surface area contributed by atoms with Gasteiger partial charge in [-0.2, -0.15) is 12.8 Å². The fourth-order valence-electron chi connectivity index (χ4n) is 1.24. The first-order valence-corrected chi connectivity index (χ1v) is 12.8. The number of hydrogen-bond donors (Lipinski definition) is 0. The molecule has 1 heterocycles. The van der Waals surface area contributed by atoms with Crippen molar-refractivity contribution in [1.82, 2.24) is 0 Å². The summed E-state index contributed by atoms with van der Waals surface area (Å²) in [6.45, 7) is 7.27. The van der Waals surface area contributed by atoms with Crippen LogP contribution in [0.1, 0.15) is 41.4 Å². The molecule has 0 aromatic carbocycles. The van der Waals surface area contributed by atoms with Gasteiger partial charge in [0.25, 0.3) is 0 Å².